The first-order valence-corrected chi connectivity index (χ1v) is 12.0. The number of pyridine rings is 1. The number of benzene rings is 4. The second kappa shape index (κ2) is 9.16. The molecule has 0 aliphatic rings. The average molecular weight is 468 g/mol. The molecular weight excluding hydrogens is 442 g/mol. The molecule has 0 saturated carbocycles. The number of phenols is 1. The highest BCUT2D eigenvalue weighted by molar-refractivity contribution is 5.95. The monoisotopic (exact) mass is 467 g/mol. The topological polar surface area (TPSA) is 50.9 Å². The summed E-state index contributed by atoms with van der Waals surface area (Å²) >= 11 is 0. The van der Waals surface area contributed by atoms with Crippen molar-refractivity contribution in [2.75, 3.05) is 0 Å². The maximum atomic E-state index is 11.2. The van der Waals surface area contributed by atoms with Crippen LogP contribution in [0.1, 0.15) is 11.1 Å². The quantitative estimate of drug-likeness (QED) is 0.290. The average Bonchev–Trinajstić information content (AvgIpc) is 3.27. The molecule has 0 radical (unpaired) electrons. The lowest BCUT2D eigenvalue weighted by Gasteiger charge is -2.10. The van der Waals surface area contributed by atoms with Crippen LogP contribution in [0.4, 0.5) is 0 Å². The Morgan fingerprint density at radius 2 is 1.47 bits per heavy atom. The molecule has 6 rings (SSSR count). The largest absolute Gasteiger partial charge is 0.507 e. The van der Waals surface area contributed by atoms with Gasteiger partial charge in [0.15, 0.2) is 0 Å². The molecule has 2 heterocycles. The molecule has 4 nitrogen and oxygen atoms in total. The lowest BCUT2D eigenvalue weighted by atomic mass is 10.0. The summed E-state index contributed by atoms with van der Waals surface area (Å²) in [5.41, 5.74) is 8.82. The Hall–Kier alpha value is -4.70. The predicted octanol–water partition coefficient (Wildman–Crippen LogP) is 7.27. The van der Waals surface area contributed by atoms with Crippen molar-refractivity contribution in [1.29, 1.82) is 0 Å². The molecule has 4 aromatic carbocycles. The van der Waals surface area contributed by atoms with Crippen LogP contribution in [0.3, 0.4) is 0 Å². The number of hydrogen-bond acceptors (Lipinski definition) is 3. The van der Waals surface area contributed by atoms with Crippen LogP contribution in [0, 0.1) is 0 Å². The van der Waals surface area contributed by atoms with Gasteiger partial charge in [-0.25, -0.2) is 4.98 Å². The van der Waals surface area contributed by atoms with Gasteiger partial charge in [-0.05, 0) is 47.0 Å². The van der Waals surface area contributed by atoms with E-state index in [-0.39, 0.29) is 5.75 Å². The molecule has 0 spiro atoms. The van der Waals surface area contributed by atoms with Crippen LogP contribution in [0.25, 0.3) is 44.8 Å². The molecule has 174 valence electrons. The van der Waals surface area contributed by atoms with Crippen molar-refractivity contribution >= 4 is 11.0 Å². The van der Waals surface area contributed by atoms with Gasteiger partial charge >= 0.3 is 0 Å². The minimum Gasteiger partial charge on any atom is -0.507 e. The molecule has 0 aliphatic heterocycles. The van der Waals surface area contributed by atoms with Crippen LogP contribution in [-0.4, -0.2) is 19.6 Å². The molecule has 0 saturated heterocycles. The Labute approximate surface area is 210 Å². The molecule has 1 N–H and O–H groups in total. The molecule has 0 amide bonds. The van der Waals surface area contributed by atoms with Crippen molar-refractivity contribution in [2.45, 2.75) is 6.42 Å². The van der Waals surface area contributed by atoms with E-state index in [2.05, 4.69) is 64.1 Å². The Morgan fingerprint density at radius 1 is 0.722 bits per heavy atom. The molecule has 0 aliphatic carbocycles. The first-order valence-electron chi connectivity index (χ1n) is 12.0. The number of fused-ring (bicyclic) bond motifs is 1. The fourth-order valence-electron chi connectivity index (χ4n) is 4.80. The maximum Gasteiger partial charge on any atom is 0.144 e. The highest BCUT2D eigenvalue weighted by Gasteiger charge is 2.18. The zero-order chi connectivity index (χ0) is 24.5. The minimum absolute atomic E-state index is 0.276. The van der Waals surface area contributed by atoms with E-state index in [1.165, 1.54) is 0 Å². The van der Waals surface area contributed by atoms with E-state index < -0.39 is 0 Å². The number of phenolic OH excluding ortho intramolecular Hbond substituents is 1. The first kappa shape index (κ1) is 21.8. The number of nitrogens with zero attached hydrogens (tertiary/aromatic N) is 3. The molecule has 0 atom stereocenters. The van der Waals surface area contributed by atoms with Crippen LogP contribution in [-0.2, 0) is 13.5 Å². The zero-order valence-corrected chi connectivity index (χ0v) is 20.0. The van der Waals surface area contributed by atoms with E-state index in [1.54, 1.807) is 0 Å². The Morgan fingerprint density at radius 3 is 2.31 bits per heavy atom. The van der Waals surface area contributed by atoms with Gasteiger partial charge < -0.3 is 9.67 Å². The van der Waals surface area contributed by atoms with E-state index in [9.17, 15) is 5.11 Å². The number of aromatic hydroxyl groups is 1. The molecule has 0 bridgehead atoms. The van der Waals surface area contributed by atoms with E-state index in [1.807, 2.05) is 67.8 Å². The fraction of sp³-hybridized carbons (Fsp3) is 0.0625. The van der Waals surface area contributed by atoms with Crippen molar-refractivity contribution in [3.8, 4) is 39.5 Å². The van der Waals surface area contributed by atoms with E-state index >= 15 is 0 Å². The van der Waals surface area contributed by atoms with Crippen molar-refractivity contribution in [3.63, 3.8) is 0 Å². The summed E-state index contributed by atoms with van der Waals surface area (Å²) in [6.07, 6.45) is 2.47. The Kier molecular flexibility index (Phi) is 5.55. The van der Waals surface area contributed by atoms with Crippen LogP contribution >= 0.6 is 0 Å². The number of imidazole rings is 1. The first-order chi connectivity index (χ1) is 17.7. The van der Waals surface area contributed by atoms with E-state index in [0.29, 0.717) is 6.42 Å². The third kappa shape index (κ3) is 3.93. The third-order valence-electron chi connectivity index (χ3n) is 6.64. The fourth-order valence-corrected chi connectivity index (χ4v) is 4.80. The summed E-state index contributed by atoms with van der Waals surface area (Å²) in [5.74, 6) is 1.02. The standard InChI is InChI=1S/C32H25N3O/c1-35-29-18-9-15-26(23-12-7-13-24(21-23)28-17-5-6-19-33-28)30(29)34-32(35)27-16-8-14-25(31(27)36)20-22-10-3-2-4-11-22/h2-19,21,36H,20H2,1H3. The van der Waals surface area contributed by atoms with Crippen molar-refractivity contribution in [3.05, 3.63) is 127 Å². The third-order valence-corrected chi connectivity index (χ3v) is 6.64. The predicted molar refractivity (Wildman–Crippen MR) is 146 cm³/mol. The zero-order valence-electron chi connectivity index (χ0n) is 20.0. The molecule has 0 fully saturated rings. The Bertz CT molecular complexity index is 1670. The van der Waals surface area contributed by atoms with Crippen LogP contribution in [0.15, 0.2) is 115 Å². The summed E-state index contributed by atoms with van der Waals surface area (Å²) in [6.45, 7) is 0. The van der Waals surface area contributed by atoms with Gasteiger partial charge in [0.1, 0.15) is 11.6 Å². The lowest BCUT2D eigenvalue weighted by molar-refractivity contribution is 0.471. The number of rotatable bonds is 5. The van der Waals surface area contributed by atoms with Gasteiger partial charge in [0.2, 0.25) is 0 Å². The highest BCUT2D eigenvalue weighted by Crippen LogP contribution is 2.37. The second-order valence-corrected chi connectivity index (χ2v) is 8.94. The van der Waals surface area contributed by atoms with Crippen molar-refractivity contribution in [1.82, 2.24) is 14.5 Å². The molecular formula is C32H25N3O. The SMILES string of the molecule is Cn1c(-c2cccc(Cc3ccccc3)c2O)nc2c(-c3cccc(-c4ccccn4)c3)cccc21. The maximum absolute atomic E-state index is 11.2. The van der Waals surface area contributed by atoms with Crippen LogP contribution in [0.2, 0.25) is 0 Å². The lowest BCUT2D eigenvalue weighted by Crippen LogP contribution is -1.95. The van der Waals surface area contributed by atoms with Gasteiger partial charge in [-0.1, -0.05) is 78.9 Å². The Balaban J connectivity index is 1.45. The van der Waals surface area contributed by atoms with Gasteiger partial charge in [0.25, 0.3) is 0 Å². The minimum atomic E-state index is 0.276. The van der Waals surface area contributed by atoms with Gasteiger partial charge in [0, 0.05) is 30.8 Å². The summed E-state index contributed by atoms with van der Waals surface area (Å²) in [4.78, 5) is 9.56. The van der Waals surface area contributed by atoms with Gasteiger partial charge in [-0.3, -0.25) is 4.98 Å². The number of aromatic nitrogens is 3. The number of hydrogen-bond donors (Lipinski definition) is 1. The molecule has 6 aromatic rings. The van der Waals surface area contributed by atoms with Gasteiger partial charge in [0.05, 0.1) is 22.3 Å². The summed E-state index contributed by atoms with van der Waals surface area (Å²) in [7, 11) is 2.00. The summed E-state index contributed by atoms with van der Waals surface area (Å²) in [6, 6.07) is 36.7. The van der Waals surface area contributed by atoms with Gasteiger partial charge in [-0.15, -0.1) is 0 Å². The van der Waals surface area contributed by atoms with E-state index in [4.69, 9.17) is 4.98 Å². The number of para-hydroxylation sites is 2. The van der Waals surface area contributed by atoms with Crippen molar-refractivity contribution < 1.29 is 5.11 Å². The highest BCUT2D eigenvalue weighted by atomic mass is 16.3. The molecule has 0 unspecified atom stereocenters. The molecule has 2 aromatic heterocycles. The van der Waals surface area contributed by atoms with Gasteiger partial charge in [-0.2, -0.15) is 0 Å². The van der Waals surface area contributed by atoms with Crippen LogP contribution in [0.5, 0.6) is 5.75 Å². The number of aryl methyl sites for hydroxylation is 1. The smallest absolute Gasteiger partial charge is 0.144 e. The molecule has 36 heavy (non-hydrogen) atoms. The van der Waals surface area contributed by atoms with E-state index in [0.717, 1.165) is 55.9 Å². The van der Waals surface area contributed by atoms with Crippen molar-refractivity contribution in [2.24, 2.45) is 7.05 Å². The molecule has 4 heteroatoms. The second-order valence-electron chi connectivity index (χ2n) is 8.94. The summed E-state index contributed by atoms with van der Waals surface area (Å²) < 4.78 is 2.06. The summed E-state index contributed by atoms with van der Waals surface area (Å²) in [5, 5.41) is 11.2. The van der Waals surface area contributed by atoms with Crippen LogP contribution < -0.4 is 0 Å². The normalized spacial score (nSPS) is 11.1.